The minimum atomic E-state index is -0.150. The van der Waals surface area contributed by atoms with Gasteiger partial charge in [0.25, 0.3) is 0 Å². The summed E-state index contributed by atoms with van der Waals surface area (Å²) in [7, 11) is 0. The zero-order valence-corrected chi connectivity index (χ0v) is 15.6. The molecule has 0 amide bonds. The zero-order valence-electron chi connectivity index (χ0n) is 15.6. The summed E-state index contributed by atoms with van der Waals surface area (Å²) >= 11 is 0. The van der Waals surface area contributed by atoms with Crippen LogP contribution in [0.15, 0.2) is 70.1 Å². The summed E-state index contributed by atoms with van der Waals surface area (Å²) in [6.45, 7) is 5.15. The van der Waals surface area contributed by atoms with Gasteiger partial charge in [-0.2, -0.15) is 0 Å². The first-order chi connectivity index (χ1) is 13.1. The maximum absolute atomic E-state index is 12.4. The number of ether oxygens (including phenoxy) is 1. The number of para-hydroxylation sites is 1. The lowest BCUT2D eigenvalue weighted by Crippen LogP contribution is -2.29. The van der Waals surface area contributed by atoms with Gasteiger partial charge < -0.3 is 14.1 Å². The molecular weight excluding hydrogens is 338 g/mol. The Morgan fingerprint density at radius 1 is 1.15 bits per heavy atom. The van der Waals surface area contributed by atoms with Crippen LogP contribution in [-0.2, 0) is 19.6 Å². The molecule has 0 radical (unpaired) electrons. The summed E-state index contributed by atoms with van der Waals surface area (Å²) < 4.78 is 11.4. The molecule has 27 heavy (non-hydrogen) atoms. The summed E-state index contributed by atoms with van der Waals surface area (Å²) in [5.74, 6) is 0.889. The zero-order chi connectivity index (χ0) is 18.8. The third-order valence-electron chi connectivity index (χ3n) is 5.04. The molecule has 0 saturated heterocycles. The van der Waals surface area contributed by atoms with E-state index in [4.69, 9.17) is 9.15 Å². The van der Waals surface area contributed by atoms with E-state index in [1.807, 2.05) is 37.3 Å². The van der Waals surface area contributed by atoms with Gasteiger partial charge in [-0.25, -0.2) is 0 Å². The summed E-state index contributed by atoms with van der Waals surface area (Å²) in [5, 5.41) is 0. The second-order valence-corrected chi connectivity index (χ2v) is 7.16. The van der Waals surface area contributed by atoms with Gasteiger partial charge in [-0.15, -0.1) is 0 Å². The van der Waals surface area contributed by atoms with E-state index in [1.165, 1.54) is 29.1 Å². The molecule has 3 aromatic rings. The minimum absolute atomic E-state index is 0.150. The van der Waals surface area contributed by atoms with Gasteiger partial charge in [-0.1, -0.05) is 48.0 Å². The molecule has 138 valence electrons. The highest BCUT2D eigenvalue weighted by atomic mass is 16.5. The highest BCUT2D eigenvalue weighted by molar-refractivity contribution is 5.59. The van der Waals surface area contributed by atoms with Crippen molar-refractivity contribution < 1.29 is 9.15 Å². The van der Waals surface area contributed by atoms with Crippen molar-refractivity contribution in [3.8, 4) is 5.75 Å². The molecule has 0 saturated carbocycles. The van der Waals surface area contributed by atoms with Gasteiger partial charge in [0.1, 0.15) is 18.6 Å². The Morgan fingerprint density at radius 2 is 1.93 bits per heavy atom. The number of hydrogen-bond donors (Lipinski definition) is 0. The monoisotopic (exact) mass is 361 g/mol. The Morgan fingerprint density at radius 3 is 2.70 bits per heavy atom. The average Bonchev–Trinajstić information content (AvgIpc) is 2.98. The molecule has 2 aromatic carbocycles. The molecule has 4 rings (SSSR count). The fourth-order valence-electron chi connectivity index (χ4n) is 3.51. The van der Waals surface area contributed by atoms with E-state index in [0.29, 0.717) is 25.0 Å². The maximum Gasteiger partial charge on any atom is 0.227 e. The average molecular weight is 361 g/mol. The van der Waals surface area contributed by atoms with Gasteiger partial charge in [-0.05, 0) is 37.5 Å². The molecule has 1 aliphatic heterocycles. The first-order valence-electron chi connectivity index (χ1n) is 9.25. The standard InChI is InChI=1S/C23H23NO3/c1-16-7-9-18(10-8-16)14-27-23-15-26-20(12-22(23)25)13-24-17(2)11-19-5-3-4-6-21(19)24/h3-10,12,15,17H,11,13-14H2,1-2H3/t17-/m0/s1. The van der Waals surface area contributed by atoms with Crippen LogP contribution in [0, 0.1) is 6.92 Å². The number of anilines is 1. The molecule has 4 nitrogen and oxygen atoms in total. The highest BCUT2D eigenvalue weighted by Gasteiger charge is 2.26. The van der Waals surface area contributed by atoms with Crippen LogP contribution in [0.5, 0.6) is 5.75 Å². The molecule has 1 aliphatic rings. The van der Waals surface area contributed by atoms with Gasteiger partial charge in [-0.3, -0.25) is 4.79 Å². The van der Waals surface area contributed by atoms with Crippen molar-refractivity contribution in [2.24, 2.45) is 0 Å². The van der Waals surface area contributed by atoms with Crippen molar-refractivity contribution in [3.05, 3.63) is 93.5 Å². The molecular formula is C23H23NO3. The van der Waals surface area contributed by atoms with Crippen LogP contribution in [0.4, 0.5) is 5.69 Å². The quantitative estimate of drug-likeness (QED) is 0.672. The Hall–Kier alpha value is -3.01. The lowest BCUT2D eigenvalue weighted by Gasteiger charge is -2.24. The van der Waals surface area contributed by atoms with Gasteiger partial charge >= 0.3 is 0 Å². The molecule has 0 aliphatic carbocycles. The van der Waals surface area contributed by atoms with E-state index in [9.17, 15) is 4.79 Å². The predicted molar refractivity (Wildman–Crippen MR) is 106 cm³/mol. The Balaban J connectivity index is 1.46. The lowest BCUT2D eigenvalue weighted by molar-refractivity contribution is 0.289. The lowest BCUT2D eigenvalue weighted by atomic mass is 10.1. The van der Waals surface area contributed by atoms with Crippen molar-refractivity contribution in [1.82, 2.24) is 0 Å². The minimum Gasteiger partial charge on any atom is -0.482 e. The topological polar surface area (TPSA) is 42.7 Å². The fourth-order valence-corrected chi connectivity index (χ4v) is 3.51. The van der Waals surface area contributed by atoms with Gasteiger partial charge in [0.15, 0.2) is 0 Å². The molecule has 2 heterocycles. The van der Waals surface area contributed by atoms with Crippen LogP contribution in [-0.4, -0.2) is 6.04 Å². The van der Waals surface area contributed by atoms with E-state index < -0.39 is 0 Å². The SMILES string of the molecule is Cc1ccc(COc2coc(CN3c4ccccc4C[C@@H]3C)cc2=O)cc1. The van der Waals surface area contributed by atoms with Gasteiger partial charge in [0.05, 0.1) is 6.54 Å². The van der Waals surface area contributed by atoms with Crippen LogP contribution in [0.2, 0.25) is 0 Å². The van der Waals surface area contributed by atoms with Crippen molar-refractivity contribution in [1.29, 1.82) is 0 Å². The summed E-state index contributed by atoms with van der Waals surface area (Å²) in [4.78, 5) is 14.7. The molecule has 4 heteroatoms. The van der Waals surface area contributed by atoms with E-state index in [-0.39, 0.29) is 11.2 Å². The highest BCUT2D eigenvalue weighted by Crippen LogP contribution is 2.32. The van der Waals surface area contributed by atoms with Gasteiger partial charge in [0, 0.05) is 17.8 Å². The second kappa shape index (κ2) is 7.31. The fraction of sp³-hybridized carbons (Fsp3) is 0.261. The summed E-state index contributed by atoms with van der Waals surface area (Å²) in [5.41, 5.74) is 4.62. The molecule has 0 unspecified atom stereocenters. The van der Waals surface area contributed by atoms with Crippen molar-refractivity contribution in [2.75, 3.05) is 4.90 Å². The van der Waals surface area contributed by atoms with E-state index in [1.54, 1.807) is 0 Å². The van der Waals surface area contributed by atoms with E-state index in [0.717, 1.165) is 12.0 Å². The number of hydrogen-bond acceptors (Lipinski definition) is 4. The number of aryl methyl sites for hydroxylation is 1. The van der Waals surface area contributed by atoms with E-state index >= 15 is 0 Å². The molecule has 0 N–H and O–H groups in total. The smallest absolute Gasteiger partial charge is 0.227 e. The predicted octanol–water partition coefficient (Wildman–Crippen LogP) is 4.48. The third kappa shape index (κ3) is 3.75. The Bertz CT molecular complexity index is 991. The molecule has 0 spiro atoms. The van der Waals surface area contributed by atoms with Crippen molar-refractivity contribution in [3.63, 3.8) is 0 Å². The largest absolute Gasteiger partial charge is 0.482 e. The number of fused-ring (bicyclic) bond motifs is 1. The number of nitrogens with zero attached hydrogens (tertiary/aromatic N) is 1. The van der Waals surface area contributed by atoms with Crippen LogP contribution < -0.4 is 15.1 Å². The third-order valence-corrected chi connectivity index (χ3v) is 5.04. The molecule has 1 aromatic heterocycles. The van der Waals surface area contributed by atoms with Crippen LogP contribution in [0.25, 0.3) is 0 Å². The number of benzene rings is 2. The Labute approximate surface area is 159 Å². The first kappa shape index (κ1) is 17.4. The van der Waals surface area contributed by atoms with E-state index in [2.05, 4.69) is 30.0 Å². The molecule has 0 fully saturated rings. The maximum atomic E-state index is 12.4. The van der Waals surface area contributed by atoms with Crippen LogP contribution >= 0.6 is 0 Å². The molecule has 1 atom stereocenters. The Kier molecular flexibility index (Phi) is 4.71. The van der Waals surface area contributed by atoms with Crippen molar-refractivity contribution >= 4 is 5.69 Å². The van der Waals surface area contributed by atoms with Gasteiger partial charge in [0.2, 0.25) is 11.2 Å². The molecule has 0 bridgehead atoms. The normalized spacial score (nSPS) is 15.6. The number of rotatable bonds is 5. The summed E-state index contributed by atoms with van der Waals surface area (Å²) in [6.07, 6.45) is 2.44. The van der Waals surface area contributed by atoms with Crippen LogP contribution in [0.3, 0.4) is 0 Å². The second-order valence-electron chi connectivity index (χ2n) is 7.16. The van der Waals surface area contributed by atoms with Crippen molar-refractivity contribution in [2.45, 2.75) is 39.5 Å². The first-order valence-corrected chi connectivity index (χ1v) is 9.25. The van der Waals surface area contributed by atoms with Crippen LogP contribution in [0.1, 0.15) is 29.4 Å². The summed E-state index contributed by atoms with van der Waals surface area (Å²) in [6, 6.07) is 18.4.